The molecule has 0 aromatic carbocycles. The largest absolute Gasteiger partial charge is 0.434 e. The summed E-state index contributed by atoms with van der Waals surface area (Å²) in [6.45, 7) is 5.14. The molecule has 10 nitrogen and oxygen atoms in total. The zero-order valence-electron chi connectivity index (χ0n) is 16.3. The van der Waals surface area contributed by atoms with E-state index in [4.69, 9.17) is 19.9 Å². The molecule has 2 aromatic rings. The first-order valence-electron chi connectivity index (χ1n) is 9.12. The monoisotopic (exact) mass is 429 g/mol. The molecule has 2 aliphatic heterocycles. The number of fused-ring (bicyclic) bond motifs is 1. The van der Waals surface area contributed by atoms with Crippen molar-refractivity contribution in [1.29, 1.82) is 0 Å². The van der Waals surface area contributed by atoms with E-state index >= 15 is 0 Å². The number of rotatable bonds is 3. The van der Waals surface area contributed by atoms with Crippen LogP contribution in [0.15, 0.2) is 25.0 Å². The molecule has 3 N–H and O–H groups in total. The zero-order chi connectivity index (χ0) is 21.8. The zero-order valence-corrected chi connectivity index (χ0v) is 16.3. The second-order valence-corrected chi connectivity index (χ2v) is 7.01. The third-order valence-electron chi connectivity index (χ3n) is 4.22. The molecular formula is C17H22F3N7O3. The van der Waals surface area contributed by atoms with Crippen molar-refractivity contribution in [2.45, 2.75) is 50.5 Å². The normalized spacial score (nSPS) is 25.0. The van der Waals surface area contributed by atoms with Gasteiger partial charge >= 0.3 is 6.18 Å². The van der Waals surface area contributed by atoms with Crippen LogP contribution in [0.5, 0.6) is 0 Å². The summed E-state index contributed by atoms with van der Waals surface area (Å²) in [5, 5.41) is 3.13. The molecule has 4 heterocycles. The highest BCUT2D eigenvalue weighted by Crippen LogP contribution is 2.35. The van der Waals surface area contributed by atoms with Crippen LogP contribution in [0.4, 0.5) is 24.9 Å². The van der Waals surface area contributed by atoms with Crippen molar-refractivity contribution in [2.75, 3.05) is 24.2 Å². The van der Waals surface area contributed by atoms with Crippen LogP contribution in [0.3, 0.4) is 0 Å². The summed E-state index contributed by atoms with van der Waals surface area (Å²) in [7, 11) is 0. The van der Waals surface area contributed by atoms with Crippen molar-refractivity contribution in [1.82, 2.24) is 24.9 Å². The highest BCUT2D eigenvalue weighted by atomic mass is 19.4. The van der Waals surface area contributed by atoms with E-state index in [-0.39, 0.29) is 24.1 Å². The van der Waals surface area contributed by atoms with Crippen LogP contribution in [-0.2, 0) is 20.4 Å². The molecule has 2 saturated heterocycles. The van der Waals surface area contributed by atoms with Gasteiger partial charge in [-0.05, 0) is 20.3 Å². The Bertz CT molecular complexity index is 826. The molecule has 13 heteroatoms. The van der Waals surface area contributed by atoms with Crippen LogP contribution < -0.4 is 11.1 Å². The topological polar surface area (TPSA) is 130 Å². The molecule has 2 fully saturated rings. The fraction of sp³-hybridized carbons (Fsp3) is 0.588. The van der Waals surface area contributed by atoms with Gasteiger partial charge in [-0.15, -0.1) is 0 Å². The van der Waals surface area contributed by atoms with Gasteiger partial charge in [0.15, 0.2) is 11.5 Å². The Hall–Kier alpha value is -2.64. The van der Waals surface area contributed by atoms with Crippen LogP contribution in [0.1, 0.15) is 26.0 Å². The van der Waals surface area contributed by atoms with Crippen molar-refractivity contribution < 1.29 is 27.4 Å². The van der Waals surface area contributed by atoms with Crippen molar-refractivity contribution in [2.24, 2.45) is 0 Å². The first-order valence-corrected chi connectivity index (χ1v) is 9.12. The summed E-state index contributed by atoms with van der Waals surface area (Å²) in [4.78, 5) is 18.1. The molecule has 0 spiro atoms. The second kappa shape index (κ2) is 9.02. The molecule has 3 unspecified atom stereocenters. The molecule has 30 heavy (non-hydrogen) atoms. The average Bonchev–Trinajstić information content (AvgIpc) is 3.01. The Kier molecular flexibility index (Phi) is 6.63. The number of nitrogens with zero attached hydrogens (tertiary/aromatic N) is 5. The molecule has 0 radical (unpaired) electrons. The van der Waals surface area contributed by atoms with Gasteiger partial charge in [-0.1, -0.05) is 0 Å². The lowest BCUT2D eigenvalue weighted by Crippen LogP contribution is -2.46. The van der Waals surface area contributed by atoms with Gasteiger partial charge in [0, 0.05) is 13.2 Å². The fourth-order valence-electron chi connectivity index (χ4n) is 3.05. The van der Waals surface area contributed by atoms with Crippen LogP contribution in [0.2, 0.25) is 0 Å². The van der Waals surface area contributed by atoms with Crippen molar-refractivity contribution in [3.8, 4) is 0 Å². The van der Waals surface area contributed by atoms with E-state index in [9.17, 15) is 13.2 Å². The minimum Gasteiger partial charge on any atom is -0.382 e. The predicted molar refractivity (Wildman–Crippen MR) is 97.9 cm³/mol. The number of anilines is 2. The van der Waals surface area contributed by atoms with Crippen LogP contribution in [0, 0.1) is 0 Å². The van der Waals surface area contributed by atoms with E-state index in [0.717, 1.165) is 12.6 Å². The van der Waals surface area contributed by atoms with E-state index in [0.29, 0.717) is 25.3 Å². The van der Waals surface area contributed by atoms with Crippen LogP contribution >= 0.6 is 0 Å². The third-order valence-corrected chi connectivity index (χ3v) is 4.22. The summed E-state index contributed by atoms with van der Waals surface area (Å²) in [6.07, 6.45) is 0.991. The Balaban J connectivity index is 0.000000199. The number of hydrogen-bond acceptors (Lipinski definition) is 10. The number of nitrogen functional groups attached to an aromatic ring is 1. The lowest BCUT2D eigenvalue weighted by atomic mass is 10.0. The van der Waals surface area contributed by atoms with E-state index in [2.05, 4.69) is 30.2 Å². The number of halogens is 3. The maximum absolute atomic E-state index is 11.8. The molecule has 4 rings (SSSR count). The first-order chi connectivity index (χ1) is 14.1. The van der Waals surface area contributed by atoms with Gasteiger partial charge in [0.1, 0.15) is 30.7 Å². The quantitative estimate of drug-likeness (QED) is 0.743. The minimum atomic E-state index is -4.47. The first kappa shape index (κ1) is 22.1. The van der Waals surface area contributed by atoms with Crippen molar-refractivity contribution in [3.63, 3.8) is 0 Å². The number of alkyl halides is 3. The summed E-state index contributed by atoms with van der Waals surface area (Å²) in [5.74, 6) is -0.229. The number of nitrogens with one attached hydrogen (secondary N) is 1. The molecule has 2 aliphatic rings. The van der Waals surface area contributed by atoms with Crippen molar-refractivity contribution >= 4 is 11.8 Å². The Morgan fingerprint density at radius 1 is 1.17 bits per heavy atom. The van der Waals surface area contributed by atoms with Gasteiger partial charge in [-0.25, -0.2) is 19.9 Å². The van der Waals surface area contributed by atoms with Gasteiger partial charge in [0.25, 0.3) is 0 Å². The SMILES string of the molecule is CC1(C)OC2CCOC(CNc3ncncn3)C2O1.Nc1cncc(C(F)(F)F)n1. The molecule has 0 amide bonds. The molecule has 2 aromatic heterocycles. The molecular weight excluding hydrogens is 407 g/mol. The maximum Gasteiger partial charge on any atom is 0.434 e. The van der Waals surface area contributed by atoms with Crippen LogP contribution in [-0.4, -0.2) is 62.2 Å². The van der Waals surface area contributed by atoms with Gasteiger partial charge < -0.3 is 25.3 Å². The summed E-state index contributed by atoms with van der Waals surface area (Å²) >= 11 is 0. The summed E-state index contributed by atoms with van der Waals surface area (Å²) in [5.41, 5.74) is 3.91. The van der Waals surface area contributed by atoms with Gasteiger partial charge in [-0.3, -0.25) is 4.98 Å². The third kappa shape index (κ3) is 5.93. The predicted octanol–water partition coefficient (Wildman–Crippen LogP) is 1.67. The molecule has 0 saturated carbocycles. The summed E-state index contributed by atoms with van der Waals surface area (Å²) < 4.78 is 53.0. The lowest BCUT2D eigenvalue weighted by Gasteiger charge is -2.31. The highest BCUT2D eigenvalue weighted by molar-refractivity contribution is 5.24. The molecule has 164 valence electrons. The lowest BCUT2D eigenvalue weighted by molar-refractivity contribution is -0.152. The Morgan fingerprint density at radius 2 is 1.90 bits per heavy atom. The number of aromatic nitrogens is 5. The van der Waals surface area contributed by atoms with Gasteiger partial charge in [-0.2, -0.15) is 13.2 Å². The van der Waals surface area contributed by atoms with E-state index in [1.165, 1.54) is 12.7 Å². The molecule has 3 atom stereocenters. The Labute approximate surface area is 170 Å². The van der Waals surface area contributed by atoms with Crippen LogP contribution in [0.25, 0.3) is 0 Å². The average molecular weight is 429 g/mol. The van der Waals surface area contributed by atoms with E-state index in [1.807, 2.05) is 13.8 Å². The number of hydrogen-bond donors (Lipinski definition) is 2. The highest BCUT2D eigenvalue weighted by Gasteiger charge is 2.47. The standard InChI is InChI=1S/C12H18N4O3.C5H4F3N3/c1-12(2)18-8-3-4-17-9(10(8)19-12)5-14-11-15-6-13-7-16-11;6-5(7,8)3-1-10-2-4(9)11-3/h6-10H,3-5H2,1-2H3,(H,13,14,15,16);1-2H,(H2,9,11). The van der Waals surface area contributed by atoms with Crippen molar-refractivity contribution in [3.05, 3.63) is 30.7 Å². The molecule has 0 aliphatic carbocycles. The number of ether oxygens (including phenoxy) is 3. The van der Waals surface area contributed by atoms with E-state index in [1.54, 1.807) is 0 Å². The summed E-state index contributed by atoms with van der Waals surface area (Å²) in [6, 6.07) is 0. The van der Waals surface area contributed by atoms with Gasteiger partial charge in [0.05, 0.1) is 18.5 Å². The Morgan fingerprint density at radius 3 is 2.53 bits per heavy atom. The fourth-order valence-corrected chi connectivity index (χ4v) is 3.05. The smallest absolute Gasteiger partial charge is 0.382 e. The molecule has 0 bridgehead atoms. The van der Waals surface area contributed by atoms with E-state index < -0.39 is 17.7 Å². The second-order valence-electron chi connectivity index (χ2n) is 7.01. The van der Waals surface area contributed by atoms with Gasteiger partial charge in [0.2, 0.25) is 5.95 Å². The minimum absolute atomic E-state index is 0.0434. The number of nitrogens with two attached hydrogens (primary N) is 1. The maximum atomic E-state index is 11.8.